The van der Waals surface area contributed by atoms with Gasteiger partial charge in [0.2, 0.25) is 0 Å². The number of halogens is 3. The van der Waals surface area contributed by atoms with E-state index >= 15 is 0 Å². The molecule has 0 saturated carbocycles. The number of thioether (sulfide) groups is 1. The summed E-state index contributed by atoms with van der Waals surface area (Å²) < 4.78 is 38.5. The first-order valence-corrected chi connectivity index (χ1v) is 7.30. The van der Waals surface area contributed by atoms with Gasteiger partial charge in [-0.15, -0.1) is 0 Å². The lowest BCUT2D eigenvalue weighted by Crippen LogP contribution is -2.01. The van der Waals surface area contributed by atoms with Gasteiger partial charge in [0.25, 0.3) is 0 Å². The van der Waals surface area contributed by atoms with Crippen molar-refractivity contribution in [1.29, 1.82) is 0 Å². The third-order valence-electron chi connectivity index (χ3n) is 2.90. The lowest BCUT2D eigenvalue weighted by Gasteiger charge is -2.08. The van der Waals surface area contributed by atoms with Crippen molar-refractivity contribution in [1.82, 2.24) is 9.78 Å². The topological polar surface area (TPSA) is 29.9 Å². The Morgan fingerprint density at radius 3 is 2.48 bits per heavy atom. The van der Waals surface area contributed by atoms with Gasteiger partial charge in [0, 0.05) is 35.9 Å². The van der Waals surface area contributed by atoms with Crippen LogP contribution in [0.4, 0.5) is 18.9 Å². The van der Waals surface area contributed by atoms with Gasteiger partial charge in [0.15, 0.2) is 0 Å². The number of nitrogens with zero attached hydrogens (tertiary/aromatic N) is 2. The van der Waals surface area contributed by atoms with Crippen LogP contribution in [0.25, 0.3) is 0 Å². The van der Waals surface area contributed by atoms with Gasteiger partial charge in [0.05, 0.1) is 5.69 Å². The standard InChI is InChI=1S/C14H16F3N3S/c1-3-13-10(9-20(2)19-13)8-18-11-4-6-12(7-5-11)21-14(15,16)17/h4-7,9,18H,3,8H2,1-2H3. The van der Waals surface area contributed by atoms with Gasteiger partial charge in [0.1, 0.15) is 0 Å². The lowest BCUT2D eigenvalue weighted by molar-refractivity contribution is -0.0328. The molecule has 0 atom stereocenters. The maximum Gasteiger partial charge on any atom is 0.446 e. The van der Waals surface area contributed by atoms with E-state index in [0.717, 1.165) is 23.4 Å². The van der Waals surface area contributed by atoms with Gasteiger partial charge in [-0.25, -0.2) is 0 Å². The van der Waals surface area contributed by atoms with Gasteiger partial charge in [-0.2, -0.15) is 18.3 Å². The Bertz CT molecular complexity index is 591. The van der Waals surface area contributed by atoms with Crippen molar-refractivity contribution in [3.05, 3.63) is 41.7 Å². The van der Waals surface area contributed by atoms with E-state index < -0.39 is 5.51 Å². The summed E-state index contributed by atoms with van der Waals surface area (Å²) in [5.41, 5.74) is -1.35. The molecule has 1 aromatic carbocycles. The van der Waals surface area contributed by atoms with Crippen molar-refractivity contribution >= 4 is 17.4 Å². The maximum atomic E-state index is 12.2. The molecule has 0 fully saturated rings. The highest BCUT2D eigenvalue weighted by molar-refractivity contribution is 8.00. The molecule has 114 valence electrons. The lowest BCUT2D eigenvalue weighted by atomic mass is 10.2. The monoisotopic (exact) mass is 315 g/mol. The van der Waals surface area contributed by atoms with Crippen molar-refractivity contribution in [3.63, 3.8) is 0 Å². The minimum absolute atomic E-state index is 0.108. The van der Waals surface area contributed by atoms with Crippen LogP contribution in [0.2, 0.25) is 0 Å². The van der Waals surface area contributed by atoms with E-state index in [9.17, 15) is 13.2 Å². The normalized spacial score (nSPS) is 11.7. The number of benzene rings is 1. The molecule has 1 aromatic heterocycles. The first-order valence-electron chi connectivity index (χ1n) is 6.48. The number of aryl methyl sites for hydroxylation is 2. The predicted molar refractivity (Wildman–Crippen MR) is 78.3 cm³/mol. The van der Waals surface area contributed by atoms with Crippen LogP contribution in [0.3, 0.4) is 0 Å². The van der Waals surface area contributed by atoms with Crippen LogP contribution in [0, 0.1) is 0 Å². The molecule has 0 aliphatic heterocycles. The summed E-state index contributed by atoms with van der Waals surface area (Å²) in [5.74, 6) is 0. The van der Waals surface area contributed by atoms with Gasteiger partial charge in [-0.3, -0.25) is 4.68 Å². The molecule has 2 aromatic rings. The molecular weight excluding hydrogens is 299 g/mol. The van der Waals surface area contributed by atoms with Crippen molar-refractivity contribution in [2.75, 3.05) is 5.32 Å². The molecule has 1 heterocycles. The molecule has 1 N–H and O–H groups in total. The Morgan fingerprint density at radius 2 is 1.90 bits per heavy atom. The summed E-state index contributed by atoms with van der Waals surface area (Å²) in [6.07, 6.45) is 2.79. The number of rotatable bonds is 5. The van der Waals surface area contributed by atoms with Crippen LogP contribution in [-0.2, 0) is 20.0 Å². The summed E-state index contributed by atoms with van der Waals surface area (Å²) in [6, 6.07) is 6.22. The molecule has 0 aliphatic carbocycles. The van der Waals surface area contributed by atoms with Crippen LogP contribution in [0.15, 0.2) is 35.4 Å². The molecule has 2 rings (SSSR count). The molecule has 0 spiro atoms. The number of alkyl halides is 3. The number of hydrogen-bond donors (Lipinski definition) is 1. The quantitative estimate of drug-likeness (QED) is 0.838. The predicted octanol–water partition coefficient (Wildman–Crippen LogP) is 4.21. The highest BCUT2D eigenvalue weighted by Crippen LogP contribution is 2.37. The average Bonchev–Trinajstić information content (AvgIpc) is 2.76. The van der Waals surface area contributed by atoms with Crippen molar-refractivity contribution in [3.8, 4) is 0 Å². The summed E-state index contributed by atoms with van der Waals surface area (Å²) in [6.45, 7) is 2.64. The van der Waals surface area contributed by atoms with Crippen LogP contribution >= 0.6 is 11.8 Å². The Morgan fingerprint density at radius 1 is 1.24 bits per heavy atom. The second kappa shape index (κ2) is 6.43. The fraction of sp³-hybridized carbons (Fsp3) is 0.357. The van der Waals surface area contributed by atoms with Crippen LogP contribution in [-0.4, -0.2) is 15.3 Å². The Labute approximate surface area is 125 Å². The minimum Gasteiger partial charge on any atom is -0.381 e. The second-order valence-corrected chi connectivity index (χ2v) is 5.69. The second-order valence-electron chi connectivity index (χ2n) is 4.55. The Balaban J connectivity index is 1.97. The largest absolute Gasteiger partial charge is 0.446 e. The summed E-state index contributed by atoms with van der Waals surface area (Å²) in [5, 5.41) is 7.54. The number of hydrogen-bond acceptors (Lipinski definition) is 3. The van der Waals surface area contributed by atoms with E-state index in [1.54, 1.807) is 16.8 Å². The first kappa shape index (κ1) is 15.8. The molecule has 3 nitrogen and oxygen atoms in total. The van der Waals surface area contributed by atoms with Gasteiger partial charge in [-0.1, -0.05) is 6.92 Å². The van der Waals surface area contributed by atoms with E-state index in [2.05, 4.69) is 10.4 Å². The molecule has 0 radical (unpaired) electrons. The van der Waals surface area contributed by atoms with Crippen LogP contribution in [0.5, 0.6) is 0 Å². The maximum absolute atomic E-state index is 12.2. The van der Waals surface area contributed by atoms with Crippen LogP contribution in [0.1, 0.15) is 18.2 Å². The van der Waals surface area contributed by atoms with E-state index in [1.165, 1.54) is 12.1 Å². The van der Waals surface area contributed by atoms with Gasteiger partial charge >= 0.3 is 5.51 Å². The van der Waals surface area contributed by atoms with Crippen molar-refractivity contribution in [2.45, 2.75) is 30.3 Å². The Kier molecular flexibility index (Phi) is 4.82. The zero-order valence-corrected chi connectivity index (χ0v) is 12.6. The summed E-state index contributed by atoms with van der Waals surface area (Å²) in [7, 11) is 1.87. The van der Waals surface area contributed by atoms with Gasteiger partial charge < -0.3 is 5.32 Å². The average molecular weight is 315 g/mol. The van der Waals surface area contributed by atoms with Crippen LogP contribution < -0.4 is 5.32 Å². The Hall–Kier alpha value is -1.63. The molecule has 0 unspecified atom stereocenters. The number of aromatic nitrogens is 2. The molecule has 0 saturated heterocycles. The van der Waals surface area contributed by atoms with E-state index in [4.69, 9.17) is 0 Å². The highest BCUT2D eigenvalue weighted by atomic mass is 32.2. The molecule has 0 aliphatic rings. The third-order valence-corrected chi connectivity index (χ3v) is 3.64. The SMILES string of the molecule is CCc1nn(C)cc1CNc1ccc(SC(F)(F)F)cc1. The summed E-state index contributed by atoms with van der Waals surface area (Å²) in [4.78, 5) is 0.184. The van der Waals surface area contributed by atoms with Crippen molar-refractivity contribution < 1.29 is 13.2 Å². The van der Waals surface area contributed by atoms with E-state index in [0.29, 0.717) is 6.54 Å². The fourth-order valence-corrected chi connectivity index (χ4v) is 2.54. The summed E-state index contributed by atoms with van der Waals surface area (Å²) >= 11 is -0.108. The molecule has 21 heavy (non-hydrogen) atoms. The fourth-order valence-electron chi connectivity index (χ4n) is 2.00. The van der Waals surface area contributed by atoms with Gasteiger partial charge in [-0.05, 0) is 42.4 Å². The molecule has 7 heteroatoms. The van der Waals surface area contributed by atoms with E-state index in [-0.39, 0.29) is 16.7 Å². The third kappa shape index (κ3) is 4.70. The van der Waals surface area contributed by atoms with Crippen molar-refractivity contribution in [2.24, 2.45) is 7.05 Å². The van der Waals surface area contributed by atoms with E-state index in [1.807, 2.05) is 20.2 Å². The minimum atomic E-state index is -4.25. The number of nitrogens with one attached hydrogen (secondary N) is 1. The molecular formula is C14H16F3N3S. The molecule has 0 bridgehead atoms. The number of anilines is 1. The first-order chi connectivity index (χ1) is 9.87. The zero-order chi connectivity index (χ0) is 15.5. The molecule has 0 amide bonds. The highest BCUT2D eigenvalue weighted by Gasteiger charge is 2.28. The smallest absolute Gasteiger partial charge is 0.381 e. The zero-order valence-electron chi connectivity index (χ0n) is 11.7.